The number of hydrogen-bond acceptors (Lipinski definition) is 3. The molecule has 0 bridgehead atoms. The molecule has 136 valence electrons. The smallest absolute Gasteiger partial charge is 0.227 e. The molecule has 1 atom stereocenters. The monoisotopic (exact) mass is 353 g/mol. The fourth-order valence-corrected chi connectivity index (χ4v) is 4.37. The summed E-state index contributed by atoms with van der Waals surface area (Å²) in [4.78, 5) is 21.1. The number of hydrogen-bond donors (Lipinski definition) is 0. The Morgan fingerprint density at radius 3 is 2.88 bits per heavy atom. The molecule has 1 aromatic carbocycles. The van der Waals surface area contributed by atoms with E-state index in [4.69, 9.17) is 0 Å². The summed E-state index contributed by atoms with van der Waals surface area (Å²) in [6.45, 7) is 3.46. The summed E-state index contributed by atoms with van der Waals surface area (Å²) in [7, 11) is 0. The van der Waals surface area contributed by atoms with Crippen molar-refractivity contribution >= 4 is 11.6 Å². The molecule has 2 saturated heterocycles. The maximum absolute atomic E-state index is 13.5. The molecule has 1 spiro atoms. The van der Waals surface area contributed by atoms with E-state index in [0.29, 0.717) is 6.42 Å². The lowest BCUT2D eigenvalue weighted by atomic mass is 9.79. The highest BCUT2D eigenvalue weighted by Gasteiger charge is 2.42. The molecule has 2 aromatic rings. The predicted octanol–water partition coefficient (Wildman–Crippen LogP) is 3.28. The van der Waals surface area contributed by atoms with E-state index < -0.39 is 0 Å². The molecule has 0 aliphatic carbocycles. The number of benzene rings is 1. The van der Waals surface area contributed by atoms with Gasteiger partial charge in [0.25, 0.3) is 0 Å². The summed E-state index contributed by atoms with van der Waals surface area (Å²) >= 11 is 0. The Labute approximate surface area is 153 Å². The zero-order valence-electron chi connectivity index (χ0n) is 14.9. The lowest BCUT2D eigenvalue weighted by Gasteiger charge is -2.40. The zero-order chi connectivity index (χ0) is 18.0. The maximum Gasteiger partial charge on any atom is 0.227 e. The van der Waals surface area contributed by atoms with Crippen LogP contribution >= 0.6 is 0 Å². The second-order valence-corrected chi connectivity index (χ2v) is 7.61. The largest absolute Gasteiger partial charge is 0.371 e. The summed E-state index contributed by atoms with van der Waals surface area (Å²) in [6, 6.07) is 10.6. The highest BCUT2D eigenvalue weighted by molar-refractivity contribution is 5.78. The molecule has 5 heteroatoms. The molecule has 0 radical (unpaired) electrons. The van der Waals surface area contributed by atoms with E-state index in [1.54, 1.807) is 24.5 Å². The number of piperidine rings is 1. The van der Waals surface area contributed by atoms with Gasteiger partial charge in [0.15, 0.2) is 0 Å². The fourth-order valence-electron chi connectivity index (χ4n) is 4.37. The summed E-state index contributed by atoms with van der Waals surface area (Å²) in [5.41, 5.74) is 2.04. The molecule has 1 aromatic heterocycles. The molecule has 2 aliphatic rings. The number of carbonyl (C=O) groups excluding carboxylic acids is 1. The lowest BCUT2D eigenvalue weighted by Crippen LogP contribution is -2.47. The first kappa shape index (κ1) is 17.0. The normalized spacial score (nSPS) is 22.8. The molecule has 26 heavy (non-hydrogen) atoms. The van der Waals surface area contributed by atoms with Crippen LogP contribution in [0.4, 0.5) is 10.1 Å². The van der Waals surface area contributed by atoms with E-state index in [2.05, 4.69) is 9.88 Å². The van der Waals surface area contributed by atoms with Crippen molar-refractivity contribution in [2.24, 2.45) is 5.41 Å². The third-order valence-corrected chi connectivity index (χ3v) is 5.70. The average Bonchev–Trinajstić information content (AvgIpc) is 3.06. The first-order valence-electron chi connectivity index (χ1n) is 9.31. The van der Waals surface area contributed by atoms with Gasteiger partial charge in [-0.1, -0.05) is 12.1 Å². The van der Waals surface area contributed by atoms with E-state index in [9.17, 15) is 9.18 Å². The third kappa shape index (κ3) is 3.57. The SMILES string of the molecule is O=C(Cc1cccnc1)N1CCCC2(CCN(c3cccc(F)c3)C2)C1. The number of amides is 1. The Morgan fingerprint density at radius 2 is 2.08 bits per heavy atom. The van der Waals surface area contributed by atoms with Crippen LogP contribution in [-0.4, -0.2) is 42.0 Å². The van der Waals surface area contributed by atoms with Crippen LogP contribution in [0.3, 0.4) is 0 Å². The van der Waals surface area contributed by atoms with Crippen LogP contribution in [0.5, 0.6) is 0 Å². The van der Waals surface area contributed by atoms with Gasteiger partial charge in [-0.3, -0.25) is 9.78 Å². The minimum absolute atomic E-state index is 0.134. The summed E-state index contributed by atoms with van der Waals surface area (Å²) in [5.74, 6) is -0.0124. The van der Waals surface area contributed by atoms with Crippen molar-refractivity contribution in [2.75, 3.05) is 31.1 Å². The van der Waals surface area contributed by atoms with Gasteiger partial charge in [-0.05, 0) is 49.1 Å². The van der Waals surface area contributed by atoms with Gasteiger partial charge >= 0.3 is 0 Å². The van der Waals surface area contributed by atoms with E-state index in [1.165, 1.54) is 6.07 Å². The van der Waals surface area contributed by atoms with Crippen molar-refractivity contribution in [3.05, 3.63) is 60.2 Å². The van der Waals surface area contributed by atoms with Crippen molar-refractivity contribution in [1.29, 1.82) is 0 Å². The number of anilines is 1. The van der Waals surface area contributed by atoms with Gasteiger partial charge < -0.3 is 9.80 Å². The molecule has 2 aliphatic heterocycles. The predicted molar refractivity (Wildman–Crippen MR) is 99.4 cm³/mol. The molecule has 3 heterocycles. The molecule has 0 N–H and O–H groups in total. The minimum Gasteiger partial charge on any atom is -0.371 e. The van der Waals surface area contributed by atoms with Crippen LogP contribution in [0.15, 0.2) is 48.8 Å². The third-order valence-electron chi connectivity index (χ3n) is 5.70. The van der Waals surface area contributed by atoms with Gasteiger partial charge in [-0.25, -0.2) is 4.39 Å². The highest BCUT2D eigenvalue weighted by atomic mass is 19.1. The Hall–Kier alpha value is -2.43. The zero-order valence-corrected chi connectivity index (χ0v) is 14.9. The highest BCUT2D eigenvalue weighted by Crippen LogP contribution is 2.40. The number of rotatable bonds is 3. The van der Waals surface area contributed by atoms with Gasteiger partial charge in [-0.2, -0.15) is 0 Å². The van der Waals surface area contributed by atoms with Gasteiger partial charge in [-0.15, -0.1) is 0 Å². The van der Waals surface area contributed by atoms with Crippen molar-refractivity contribution < 1.29 is 9.18 Å². The van der Waals surface area contributed by atoms with Crippen LogP contribution < -0.4 is 4.90 Å². The number of likely N-dealkylation sites (tertiary alicyclic amines) is 1. The quantitative estimate of drug-likeness (QED) is 0.850. The Balaban J connectivity index is 1.42. The van der Waals surface area contributed by atoms with E-state index in [0.717, 1.165) is 56.7 Å². The summed E-state index contributed by atoms with van der Waals surface area (Å²) in [5, 5.41) is 0. The molecule has 4 rings (SSSR count). The van der Waals surface area contributed by atoms with Crippen molar-refractivity contribution in [2.45, 2.75) is 25.7 Å². The van der Waals surface area contributed by atoms with Gasteiger partial charge in [0.05, 0.1) is 6.42 Å². The van der Waals surface area contributed by atoms with Gasteiger partial charge in [0, 0.05) is 49.7 Å². The molecular weight excluding hydrogens is 329 g/mol. The van der Waals surface area contributed by atoms with Crippen LogP contribution in [-0.2, 0) is 11.2 Å². The van der Waals surface area contributed by atoms with Crippen LogP contribution in [0.1, 0.15) is 24.8 Å². The summed E-state index contributed by atoms with van der Waals surface area (Å²) < 4.78 is 13.5. The minimum atomic E-state index is -0.194. The van der Waals surface area contributed by atoms with Crippen LogP contribution in [0, 0.1) is 11.2 Å². The lowest BCUT2D eigenvalue weighted by molar-refractivity contribution is -0.133. The first-order valence-corrected chi connectivity index (χ1v) is 9.31. The molecule has 1 unspecified atom stereocenters. The van der Waals surface area contributed by atoms with Gasteiger partial charge in [0.1, 0.15) is 5.82 Å². The maximum atomic E-state index is 13.5. The Bertz CT molecular complexity index is 782. The topological polar surface area (TPSA) is 36.4 Å². The number of nitrogens with zero attached hydrogens (tertiary/aromatic N) is 3. The Morgan fingerprint density at radius 1 is 1.15 bits per heavy atom. The molecule has 2 fully saturated rings. The van der Waals surface area contributed by atoms with Crippen molar-refractivity contribution in [1.82, 2.24) is 9.88 Å². The van der Waals surface area contributed by atoms with Gasteiger partial charge in [0.2, 0.25) is 5.91 Å². The second kappa shape index (κ2) is 7.06. The van der Waals surface area contributed by atoms with E-state index >= 15 is 0 Å². The molecule has 0 saturated carbocycles. The molecule has 4 nitrogen and oxygen atoms in total. The second-order valence-electron chi connectivity index (χ2n) is 7.61. The van der Waals surface area contributed by atoms with E-state index in [-0.39, 0.29) is 17.1 Å². The van der Waals surface area contributed by atoms with E-state index in [1.807, 2.05) is 23.1 Å². The van der Waals surface area contributed by atoms with Crippen molar-refractivity contribution in [3.63, 3.8) is 0 Å². The van der Waals surface area contributed by atoms with Crippen molar-refractivity contribution in [3.8, 4) is 0 Å². The molecular formula is C21H24FN3O. The first-order chi connectivity index (χ1) is 12.6. The number of halogens is 1. The number of pyridine rings is 1. The van der Waals surface area contributed by atoms with Crippen LogP contribution in [0.2, 0.25) is 0 Å². The fraction of sp³-hybridized carbons (Fsp3) is 0.429. The summed E-state index contributed by atoms with van der Waals surface area (Å²) in [6.07, 6.45) is 7.13. The number of aromatic nitrogens is 1. The average molecular weight is 353 g/mol. The standard InChI is InChI=1S/C21H24FN3O/c22-18-5-1-6-19(13-18)24-11-8-21(15-24)7-3-10-25(16-21)20(26)12-17-4-2-9-23-14-17/h1-2,4-6,9,13-14H,3,7-8,10-12,15-16H2. The Kier molecular flexibility index (Phi) is 4.62. The van der Waals surface area contributed by atoms with Crippen LogP contribution in [0.25, 0.3) is 0 Å². The number of carbonyl (C=O) groups is 1. The molecule has 1 amide bonds.